The molecule has 58 heavy (non-hydrogen) atoms. The van der Waals surface area contributed by atoms with Crippen molar-refractivity contribution >= 4 is 19.8 Å². The van der Waals surface area contributed by atoms with Crippen molar-refractivity contribution in [2.75, 3.05) is 47.5 Å². The average Bonchev–Trinajstić information content (AvgIpc) is 3.17. The molecule has 2 unspecified atom stereocenters. The van der Waals surface area contributed by atoms with Gasteiger partial charge in [0.2, 0.25) is 0 Å². The Kier molecular flexibility index (Phi) is 38.5. The molecule has 0 rings (SSSR count). The summed E-state index contributed by atoms with van der Waals surface area (Å²) in [6, 6.07) is 0. The van der Waals surface area contributed by atoms with Crippen LogP contribution in [0.4, 0.5) is 0 Å². The van der Waals surface area contributed by atoms with Crippen molar-refractivity contribution in [2.45, 2.75) is 187 Å². The minimum atomic E-state index is -4.63. The molecule has 0 saturated heterocycles. The Bertz CT molecular complexity index is 1170. The number of nitrogens with zero attached hydrogens (tertiary/aromatic N) is 1. The van der Waals surface area contributed by atoms with Crippen molar-refractivity contribution in [3.63, 3.8) is 0 Å². The van der Waals surface area contributed by atoms with E-state index in [-0.39, 0.29) is 26.1 Å². The second-order valence-electron chi connectivity index (χ2n) is 16.4. The highest BCUT2D eigenvalue weighted by atomic mass is 31.2. The van der Waals surface area contributed by atoms with E-state index in [4.69, 9.17) is 18.5 Å². The highest BCUT2D eigenvalue weighted by Crippen LogP contribution is 2.38. The van der Waals surface area contributed by atoms with Crippen molar-refractivity contribution in [2.24, 2.45) is 0 Å². The maximum Gasteiger partial charge on any atom is 0.306 e. The molecule has 0 aromatic carbocycles. The number of esters is 2. The normalized spacial score (nSPS) is 14.1. The Morgan fingerprint density at radius 1 is 0.552 bits per heavy atom. The highest BCUT2D eigenvalue weighted by molar-refractivity contribution is 7.45. The van der Waals surface area contributed by atoms with Crippen molar-refractivity contribution in [3.05, 3.63) is 60.8 Å². The van der Waals surface area contributed by atoms with E-state index in [9.17, 15) is 19.0 Å². The number of phosphoric ester groups is 1. The highest BCUT2D eigenvalue weighted by Gasteiger charge is 2.21. The molecule has 0 radical (unpaired) electrons. The average molecular weight is 836 g/mol. The molecule has 0 spiro atoms. The van der Waals surface area contributed by atoms with E-state index in [2.05, 4.69) is 74.6 Å². The molecule has 0 aliphatic rings. The Hall–Kier alpha value is -2.29. The first kappa shape index (κ1) is 55.7. The lowest BCUT2D eigenvalue weighted by Crippen LogP contribution is -2.37. The van der Waals surface area contributed by atoms with Gasteiger partial charge in [0.1, 0.15) is 19.8 Å². The second-order valence-corrected chi connectivity index (χ2v) is 17.8. The number of hydrogen-bond donors (Lipinski definition) is 0. The van der Waals surface area contributed by atoms with Crippen LogP contribution >= 0.6 is 7.82 Å². The third-order valence-electron chi connectivity index (χ3n) is 9.52. The van der Waals surface area contributed by atoms with Crippen LogP contribution in [0.15, 0.2) is 60.8 Å². The van der Waals surface area contributed by atoms with Gasteiger partial charge in [-0.05, 0) is 77.0 Å². The SMILES string of the molecule is CC/C=C\C/C=C\C/C=C\CCCCCCCCCC(=O)OC(COC(=O)CCCCCCCCC/C=C\C/C=C\CCCCC)COP(=O)([O-])OCC[N+](C)(C)C. The van der Waals surface area contributed by atoms with Gasteiger partial charge in [0.15, 0.2) is 6.10 Å². The zero-order valence-corrected chi connectivity index (χ0v) is 38.6. The number of quaternary nitrogens is 1. The molecule has 0 saturated carbocycles. The topological polar surface area (TPSA) is 111 Å². The number of hydrogen-bond acceptors (Lipinski definition) is 8. The maximum atomic E-state index is 12.7. The summed E-state index contributed by atoms with van der Waals surface area (Å²) in [5.74, 6) is -0.857. The monoisotopic (exact) mass is 836 g/mol. The molecule has 0 aliphatic carbocycles. The fourth-order valence-electron chi connectivity index (χ4n) is 5.93. The van der Waals surface area contributed by atoms with Crippen LogP contribution in [0.5, 0.6) is 0 Å². The summed E-state index contributed by atoms with van der Waals surface area (Å²) in [5.41, 5.74) is 0. The predicted octanol–water partition coefficient (Wildman–Crippen LogP) is 12.6. The van der Waals surface area contributed by atoms with Gasteiger partial charge in [-0.1, -0.05) is 152 Å². The molecular formula is C48H86NO8P. The molecule has 336 valence electrons. The smallest absolute Gasteiger partial charge is 0.306 e. The molecule has 0 N–H and O–H groups in total. The van der Waals surface area contributed by atoms with Gasteiger partial charge in [-0.2, -0.15) is 0 Å². The fourth-order valence-corrected chi connectivity index (χ4v) is 6.66. The van der Waals surface area contributed by atoms with Crippen LogP contribution in [0.3, 0.4) is 0 Å². The number of ether oxygens (including phenoxy) is 2. The van der Waals surface area contributed by atoms with Crippen LogP contribution in [0.1, 0.15) is 181 Å². The van der Waals surface area contributed by atoms with E-state index in [1.54, 1.807) is 0 Å². The lowest BCUT2D eigenvalue weighted by atomic mass is 10.1. The van der Waals surface area contributed by atoms with Gasteiger partial charge in [0.05, 0.1) is 27.7 Å². The van der Waals surface area contributed by atoms with Gasteiger partial charge in [-0.25, -0.2) is 0 Å². The van der Waals surface area contributed by atoms with Crippen molar-refractivity contribution in [1.82, 2.24) is 0 Å². The summed E-state index contributed by atoms with van der Waals surface area (Å²) in [5, 5.41) is 0. The number of carbonyl (C=O) groups excluding carboxylic acids is 2. The Balaban J connectivity index is 4.36. The lowest BCUT2D eigenvalue weighted by molar-refractivity contribution is -0.870. The van der Waals surface area contributed by atoms with E-state index in [1.165, 1.54) is 64.2 Å². The third-order valence-corrected chi connectivity index (χ3v) is 10.5. The van der Waals surface area contributed by atoms with E-state index >= 15 is 0 Å². The van der Waals surface area contributed by atoms with Crippen LogP contribution in [0.25, 0.3) is 0 Å². The number of carbonyl (C=O) groups is 2. The maximum absolute atomic E-state index is 12.7. The quantitative estimate of drug-likeness (QED) is 0.0197. The zero-order chi connectivity index (χ0) is 42.8. The molecule has 0 aromatic rings. The van der Waals surface area contributed by atoms with Gasteiger partial charge in [-0.15, -0.1) is 0 Å². The van der Waals surface area contributed by atoms with E-state index in [0.29, 0.717) is 17.4 Å². The molecule has 0 aromatic heterocycles. The molecule has 0 bridgehead atoms. The van der Waals surface area contributed by atoms with Crippen molar-refractivity contribution in [1.29, 1.82) is 0 Å². The summed E-state index contributed by atoms with van der Waals surface area (Å²) in [6.07, 6.45) is 48.1. The first-order chi connectivity index (χ1) is 28.0. The standard InChI is InChI=1S/C48H86NO8P/c1-6-8-10-12-14-16-18-20-22-24-26-28-30-32-34-36-38-40-47(50)54-44-46(45-56-58(52,53)55-43-42-49(3,4)5)57-48(51)41-39-37-35-33-31-29-27-25-23-21-19-17-15-13-11-9-7-2/h9,11,14-17,20-23,46H,6-8,10,12-13,18-19,24-45H2,1-5H3/b11-9-,16-14-,17-15-,22-20-,23-21-. The summed E-state index contributed by atoms with van der Waals surface area (Å²) in [4.78, 5) is 37.6. The van der Waals surface area contributed by atoms with Crippen LogP contribution in [0.2, 0.25) is 0 Å². The molecule has 2 atom stereocenters. The fraction of sp³-hybridized carbons (Fsp3) is 0.750. The predicted molar refractivity (Wildman–Crippen MR) is 240 cm³/mol. The van der Waals surface area contributed by atoms with Crippen LogP contribution < -0.4 is 4.89 Å². The zero-order valence-electron chi connectivity index (χ0n) is 37.7. The van der Waals surface area contributed by atoms with Gasteiger partial charge in [-0.3, -0.25) is 14.2 Å². The Morgan fingerprint density at radius 3 is 1.47 bits per heavy atom. The molecule has 0 heterocycles. The minimum Gasteiger partial charge on any atom is -0.756 e. The first-order valence-corrected chi connectivity index (χ1v) is 24.5. The number of unbranched alkanes of at least 4 members (excludes halogenated alkanes) is 17. The largest absolute Gasteiger partial charge is 0.756 e. The second kappa shape index (κ2) is 40.1. The number of phosphoric acid groups is 1. The lowest BCUT2D eigenvalue weighted by Gasteiger charge is -2.28. The number of allylic oxidation sites excluding steroid dienone is 10. The van der Waals surface area contributed by atoms with Gasteiger partial charge in [0.25, 0.3) is 7.82 Å². The summed E-state index contributed by atoms with van der Waals surface area (Å²) < 4.78 is 33.9. The third kappa shape index (κ3) is 43.3. The Morgan fingerprint density at radius 2 is 0.983 bits per heavy atom. The molecule has 9 nitrogen and oxygen atoms in total. The number of likely N-dealkylation sites (N-methyl/N-ethyl adjacent to an activating group) is 1. The van der Waals surface area contributed by atoms with Crippen LogP contribution in [0, 0.1) is 0 Å². The van der Waals surface area contributed by atoms with E-state index < -0.39 is 32.5 Å². The van der Waals surface area contributed by atoms with Crippen molar-refractivity contribution in [3.8, 4) is 0 Å². The first-order valence-electron chi connectivity index (χ1n) is 23.0. The van der Waals surface area contributed by atoms with Gasteiger partial charge < -0.3 is 27.9 Å². The van der Waals surface area contributed by atoms with Gasteiger partial charge in [0, 0.05) is 12.8 Å². The summed E-state index contributed by atoms with van der Waals surface area (Å²) >= 11 is 0. The van der Waals surface area contributed by atoms with Gasteiger partial charge >= 0.3 is 11.9 Å². The van der Waals surface area contributed by atoms with Crippen LogP contribution in [-0.2, 0) is 32.7 Å². The summed E-state index contributed by atoms with van der Waals surface area (Å²) in [6.45, 7) is 4.07. The molecule has 0 aliphatic heterocycles. The summed E-state index contributed by atoms with van der Waals surface area (Å²) in [7, 11) is 1.15. The Labute approximate surface area is 356 Å². The molecule has 0 fully saturated rings. The number of rotatable bonds is 41. The molecule has 0 amide bonds. The minimum absolute atomic E-state index is 0.0368. The molecular weight excluding hydrogens is 750 g/mol. The molecule has 10 heteroatoms. The van der Waals surface area contributed by atoms with E-state index in [1.807, 2.05) is 21.1 Å². The van der Waals surface area contributed by atoms with Crippen LogP contribution in [-0.4, -0.2) is 70.0 Å². The van der Waals surface area contributed by atoms with Crippen molar-refractivity contribution < 1.29 is 42.1 Å². The van der Waals surface area contributed by atoms with E-state index in [0.717, 1.165) is 83.5 Å².